The minimum absolute atomic E-state index is 0.0412. The van der Waals surface area contributed by atoms with Gasteiger partial charge in [-0.2, -0.15) is 0 Å². The molecule has 2 N–H and O–H groups in total. The Balaban J connectivity index is 1.09. The first kappa shape index (κ1) is 20.4. The van der Waals surface area contributed by atoms with Gasteiger partial charge in [-0.1, -0.05) is 6.92 Å². The zero-order valence-electron chi connectivity index (χ0n) is 18.0. The van der Waals surface area contributed by atoms with Crippen molar-refractivity contribution in [2.75, 3.05) is 25.0 Å². The molecule has 0 atom stereocenters. The molecule has 0 aromatic carbocycles. The van der Waals surface area contributed by atoms with E-state index in [1.807, 2.05) is 5.38 Å². The summed E-state index contributed by atoms with van der Waals surface area (Å²) < 4.78 is 0. The molecule has 1 saturated heterocycles. The van der Waals surface area contributed by atoms with Gasteiger partial charge in [0.15, 0.2) is 5.13 Å². The maximum absolute atomic E-state index is 13.0. The molecule has 4 bridgehead atoms. The molecule has 1 aromatic heterocycles. The Hall–Kier alpha value is -1.47. The number of likely N-dealkylation sites (tertiary alicyclic amines) is 1. The number of nitrogens with one attached hydrogen (secondary N) is 2. The summed E-state index contributed by atoms with van der Waals surface area (Å²) in [4.78, 5) is 32.4. The van der Waals surface area contributed by atoms with Crippen LogP contribution < -0.4 is 10.6 Å². The van der Waals surface area contributed by atoms with Crippen LogP contribution in [0.25, 0.3) is 0 Å². The molecule has 1 aromatic rings. The standard InChI is InChI=1S/C23H34N4O2S/c1-15-2-4-27(5-3-15)13-19-14-30-22(25-19)26-20(28)12-24-21(29)23-9-16-6-17(10-23)8-18(7-16)11-23/h14-18H,2-13H2,1H3,(H,24,29)(H,25,26,28). The Morgan fingerprint density at radius 3 is 2.40 bits per heavy atom. The summed E-state index contributed by atoms with van der Waals surface area (Å²) in [6, 6.07) is 0. The zero-order chi connectivity index (χ0) is 20.7. The average molecular weight is 431 g/mol. The monoisotopic (exact) mass is 430 g/mol. The van der Waals surface area contributed by atoms with E-state index in [0.717, 1.165) is 68.3 Å². The molecule has 0 unspecified atom stereocenters. The first-order chi connectivity index (χ1) is 14.5. The summed E-state index contributed by atoms with van der Waals surface area (Å²) in [7, 11) is 0. The third kappa shape index (κ3) is 4.28. The van der Waals surface area contributed by atoms with Gasteiger partial charge >= 0.3 is 0 Å². The van der Waals surface area contributed by atoms with Crippen molar-refractivity contribution in [2.45, 2.75) is 64.8 Å². The number of anilines is 1. The normalized spacial score (nSPS) is 33.6. The number of rotatable bonds is 6. The summed E-state index contributed by atoms with van der Waals surface area (Å²) in [6.45, 7) is 5.45. The molecule has 0 radical (unpaired) electrons. The Morgan fingerprint density at radius 2 is 1.77 bits per heavy atom. The second kappa shape index (κ2) is 8.23. The van der Waals surface area contributed by atoms with Gasteiger partial charge in [-0.15, -0.1) is 11.3 Å². The molecule has 4 saturated carbocycles. The first-order valence-corrected chi connectivity index (χ1v) is 12.6. The van der Waals surface area contributed by atoms with Crippen LogP contribution in [0, 0.1) is 29.1 Å². The molecular formula is C23H34N4O2S. The van der Waals surface area contributed by atoms with Crippen molar-refractivity contribution in [3.05, 3.63) is 11.1 Å². The number of hydrogen-bond acceptors (Lipinski definition) is 5. The highest BCUT2D eigenvalue weighted by molar-refractivity contribution is 7.13. The fourth-order valence-electron chi connectivity index (χ4n) is 6.79. The molecule has 5 aliphatic rings. The first-order valence-electron chi connectivity index (χ1n) is 11.7. The molecule has 30 heavy (non-hydrogen) atoms. The fraction of sp³-hybridized carbons (Fsp3) is 0.783. The van der Waals surface area contributed by atoms with E-state index in [0.29, 0.717) is 5.13 Å². The van der Waals surface area contributed by atoms with Gasteiger partial charge in [-0.3, -0.25) is 14.5 Å². The quantitative estimate of drug-likeness (QED) is 0.723. The van der Waals surface area contributed by atoms with Crippen molar-refractivity contribution in [3.8, 4) is 0 Å². The third-order valence-electron chi connectivity index (χ3n) is 7.99. The highest BCUT2D eigenvalue weighted by Crippen LogP contribution is 2.60. The van der Waals surface area contributed by atoms with Crippen molar-refractivity contribution < 1.29 is 9.59 Å². The van der Waals surface area contributed by atoms with Gasteiger partial charge in [0.25, 0.3) is 0 Å². The average Bonchev–Trinajstić information content (AvgIpc) is 3.13. The molecule has 6 rings (SSSR count). The molecule has 4 aliphatic carbocycles. The summed E-state index contributed by atoms with van der Waals surface area (Å²) >= 11 is 1.47. The minimum Gasteiger partial charge on any atom is -0.347 e. The van der Waals surface area contributed by atoms with Crippen LogP contribution in [0.3, 0.4) is 0 Å². The number of carbonyl (C=O) groups is 2. The number of thiazole rings is 1. The SMILES string of the molecule is CC1CCN(Cc2csc(NC(=O)CNC(=O)C34CC5CC(CC(C5)C3)C4)n2)CC1. The summed E-state index contributed by atoms with van der Waals surface area (Å²) in [5, 5.41) is 8.48. The molecule has 7 heteroatoms. The molecular weight excluding hydrogens is 396 g/mol. The van der Waals surface area contributed by atoms with Crippen LogP contribution in [0.1, 0.15) is 64.0 Å². The second-order valence-corrected chi connectivity index (χ2v) is 11.4. The van der Waals surface area contributed by atoms with E-state index in [2.05, 4.69) is 27.4 Å². The maximum Gasteiger partial charge on any atom is 0.245 e. The predicted molar refractivity (Wildman–Crippen MR) is 118 cm³/mol. The van der Waals surface area contributed by atoms with Crippen molar-refractivity contribution in [1.82, 2.24) is 15.2 Å². The van der Waals surface area contributed by atoms with Crippen molar-refractivity contribution in [3.63, 3.8) is 0 Å². The van der Waals surface area contributed by atoms with Crippen LogP contribution in [0.5, 0.6) is 0 Å². The van der Waals surface area contributed by atoms with Crippen LogP contribution in [-0.2, 0) is 16.1 Å². The lowest BCUT2D eigenvalue weighted by Crippen LogP contribution is -2.54. The van der Waals surface area contributed by atoms with Gasteiger partial charge in [-0.05, 0) is 88.1 Å². The van der Waals surface area contributed by atoms with E-state index in [4.69, 9.17) is 0 Å². The van der Waals surface area contributed by atoms with Crippen LogP contribution in [0.15, 0.2) is 5.38 Å². The van der Waals surface area contributed by atoms with E-state index in [-0.39, 0.29) is 23.8 Å². The lowest BCUT2D eigenvalue weighted by atomic mass is 9.49. The third-order valence-corrected chi connectivity index (χ3v) is 8.80. The number of amides is 2. The smallest absolute Gasteiger partial charge is 0.245 e. The highest BCUT2D eigenvalue weighted by Gasteiger charge is 2.54. The predicted octanol–water partition coefficient (Wildman–Crippen LogP) is 3.65. The summed E-state index contributed by atoms with van der Waals surface area (Å²) in [5.41, 5.74) is 0.817. The van der Waals surface area contributed by atoms with Crippen LogP contribution in [0.4, 0.5) is 5.13 Å². The molecule has 164 valence electrons. The lowest BCUT2D eigenvalue weighted by Gasteiger charge is -2.55. The van der Waals surface area contributed by atoms with Crippen molar-refractivity contribution >= 4 is 28.3 Å². The number of aromatic nitrogens is 1. The molecule has 6 nitrogen and oxygen atoms in total. The Bertz CT molecular complexity index is 764. The van der Waals surface area contributed by atoms with E-state index < -0.39 is 0 Å². The van der Waals surface area contributed by atoms with Gasteiger partial charge in [0.2, 0.25) is 11.8 Å². The minimum atomic E-state index is -0.199. The Morgan fingerprint density at radius 1 is 1.13 bits per heavy atom. The summed E-state index contributed by atoms with van der Waals surface area (Å²) in [6.07, 6.45) is 9.52. The number of carbonyl (C=O) groups excluding carboxylic acids is 2. The molecule has 5 fully saturated rings. The number of hydrogen-bond donors (Lipinski definition) is 2. The van der Waals surface area contributed by atoms with Gasteiger partial charge in [0.1, 0.15) is 0 Å². The Labute approximate surface area is 183 Å². The largest absolute Gasteiger partial charge is 0.347 e. The van der Waals surface area contributed by atoms with E-state index in [9.17, 15) is 9.59 Å². The number of piperidine rings is 1. The lowest BCUT2D eigenvalue weighted by molar-refractivity contribution is -0.146. The fourth-order valence-corrected chi connectivity index (χ4v) is 7.50. The second-order valence-electron chi connectivity index (χ2n) is 10.5. The van der Waals surface area contributed by atoms with Crippen molar-refractivity contribution in [2.24, 2.45) is 29.1 Å². The molecule has 2 amide bonds. The zero-order valence-corrected chi connectivity index (χ0v) is 18.8. The molecule has 2 heterocycles. The van der Waals surface area contributed by atoms with Crippen LogP contribution >= 0.6 is 11.3 Å². The van der Waals surface area contributed by atoms with E-state index >= 15 is 0 Å². The van der Waals surface area contributed by atoms with Gasteiger partial charge in [-0.25, -0.2) is 4.98 Å². The van der Waals surface area contributed by atoms with Gasteiger partial charge < -0.3 is 10.6 Å². The van der Waals surface area contributed by atoms with Gasteiger partial charge in [0.05, 0.1) is 12.2 Å². The van der Waals surface area contributed by atoms with Crippen LogP contribution in [0.2, 0.25) is 0 Å². The topological polar surface area (TPSA) is 74.3 Å². The Kier molecular flexibility index (Phi) is 5.60. The van der Waals surface area contributed by atoms with E-state index in [1.54, 1.807) is 0 Å². The van der Waals surface area contributed by atoms with Crippen molar-refractivity contribution in [1.29, 1.82) is 0 Å². The van der Waals surface area contributed by atoms with E-state index in [1.165, 1.54) is 43.4 Å². The van der Waals surface area contributed by atoms with Crippen LogP contribution in [-0.4, -0.2) is 41.3 Å². The van der Waals surface area contributed by atoms with Gasteiger partial charge in [0, 0.05) is 17.3 Å². The maximum atomic E-state index is 13.0. The molecule has 0 spiro atoms. The molecule has 1 aliphatic heterocycles. The summed E-state index contributed by atoms with van der Waals surface area (Å²) in [5.74, 6) is 2.94. The number of nitrogens with zero attached hydrogens (tertiary/aromatic N) is 2. The highest BCUT2D eigenvalue weighted by atomic mass is 32.1.